The number of thiophene rings is 1. The Kier molecular flexibility index (Phi) is 5.29. The first-order valence-corrected chi connectivity index (χ1v) is 10.7. The van der Waals surface area contributed by atoms with Gasteiger partial charge in [0.05, 0.1) is 28.5 Å². The van der Waals surface area contributed by atoms with Crippen LogP contribution in [0.2, 0.25) is 0 Å². The fourth-order valence-corrected chi connectivity index (χ4v) is 4.93. The molecule has 0 saturated carbocycles. The molecule has 2 aromatic heterocycles. The van der Waals surface area contributed by atoms with Crippen LogP contribution in [0.1, 0.15) is 31.0 Å². The summed E-state index contributed by atoms with van der Waals surface area (Å²) >= 11 is 2.81. The number of aromatic nitrogens is 1. The van der Waals surface area contributed by atoms with E-state index < -0.39 is 17.8 Å². The predicted molar refractivity (Wildman–Crippen MR) is 111 cm³/mol. The SMILES string of the molecule is CCOC(=O)C1=C(C)N=c2s/c(=C/c3ccsc3)c(=O)n2[C@@H]1c1ccc(F)cc1. The van der Waals surface area contributed by atoms with Gasteiger partial charge in [0.2, 0.25) is 0 Å². The number of ether oxygens (including phenoxy) is 1. The molecule has 8 heteroatoms. The molecule has 0 fully saturated rings. The molecule has 0 spiro atoms. The molecule has 0 bridgehead atoms. The van der Waals surface area contributed by atoms with Crippen molar-refractivity contribution in [3.8, 4) is 0 Å². The van der Waals surface area contributed by atoms with Crippen molar-refractivity contribution in [2.45, 2.75) is 19.9 Å². The number of fused-ring (bicyclic) bond motifs is 1. The van der Waals surface area contributed by atoms with E-state index in [-0.39, 0.29) is 17.7 Å². The molecule has 5 nitrogen and oxygen atoms in total. The van der Waals surface area contributed by atoms with Gasteiger partial charge in [0, 0.05) is 0 Å². The largest absolute Gasteiger partial charge is 0.463 e. The van der Waals surface area contributed by atoms with Crippen molar-refractivity contribution in [2.24, 2.45) is 4.99 Å². The van der Waals surface area contributed by atoms with E-state index in [1.807, 2.05) is 22.9 Å². The van der Waals surface area contributed by atoms with E-state index in [1.165, 1.54) is 28.0 Å². The van der Waals surface area contributed by atoms with E-state index in [2.05, 4.69) is 4.99 Å². The third-order valence-corrected chi connectivity index (χ3v) is 6.23. The third kappa shape index (κ3) is 3.61. The summed E-state index contributed by atoms with van der Waals surface area (Å²) in [4.78, 5) is 31.0. The van der Waals surface area contributed by atoms with Crippen molar-refractivity contribution in [3.63, 3.8) is 0 Å². The van der Waals surface area contributed by atoms with E-state index in [9.17, 15) is 14.0 Å². The lowest BCUT2D eigenvalue weighted by Gasteiger charge is -2.24. The Hall–Kier alpha value is -2.84. The summed E-state index contributed by atoms with van der Waals surface area (Å²) in [6.45, 7) is 3.64. The first-order chi connectivity index (χ1) is 14.0. The molecule has 29 heavy (non-hydrogen) atoms. The zero-order valence-electron chi connectivity index (χ0n) is 15.7. The van der Waals surface area contributed by atoms with Gasteiger partial charge >= 0.3 is 5.97 Å². The lowest BCUT2D eigenvalue weighted by atomic mass is 9.96. The molecule has 4 rings (SSSR count). The van der Waals surface area contributed by atoms with Crippen LogP contribution in [0.25, 0.3) is 6.08 Å². The van der Waals surface area contributed by atoms with Gasteiger partial charge in [-0.05, 0) is 60.0 Å². The van der Waals surface area contributed by atoms with Gasteiger partial charge in [0.1, 0.15) is 5.82 Å². The topological polar surface area (TPSA) is 60.7 Å². The summed E-state index contributed by atoms with van der Waals surface area (Å²) in [5.41, 5.74) is 2.07. The smallest absolute Gasteiger partial charge is 0.338 e. The van der Waals surface area contributed by atoms with Crippen molar-refractivity contribution >= 4 is 34.7 Å². The van der Waals surface area contributed by atoms with Crippen LogP contribution in [-0.2, 0) is 9.53 Å². The molecule has 0 N–H and O–H groups in total. The van der Waals surface area contributed by atoms with E-state index in [0.29, 0.717) is 20.6 Å². The molecule has 0 radical (unpaired) electrons. The fraction of sp³-hybridized carbons (Fsp3) is 0.190. The summed E-state index contributed by atoms with van der Waals surface area (Å²) in [5, 5.41) is 3.89. The van der Waals surface area contributed by atoms with Gasteiger partial charge in [-0.3, -0.25) is 9.36 Å². The Morgan fingerprint density at radius 1 is 1.31 bits per heavy atom. The maximum atomic E-state index is 13.5. The van der Waals surface area contributed by atoms with Gasteiger partial charge in [0.15, 0.2) is 4.80 Å². The Morgan fingerprint density at radius 3 is 2.72 bits per heavy atom. The number of thiazole rings is 1. The lowest BCUT2D eigenvalue weighted by molar-refractivity contribution is -0.139. The standard InChI is InChI=1S/C21H17FN2O3S2/c1-3-27-20(26)17-12(2)23-21-24(18(17)14-4-6-15(22)7-5-14)19(25)16(29-21)10-13-8-9-28-11-13/h4-11,18H,3H2,1-2H3/b16-10+/t18-/m1/s1. The Labute approximate surface area is 173 Å². The number of esters is 1. The van der Waals surface area contributed by atoms with E-state index in [1.54, 1.807) is 37.3 Å². The highest BCUT2D eigenvalue weighted by Crippen LogP contribution is 2.30. The van der Waals surface area contributed by atoms with Crippen LogP contribution in [0.15, 0.2) is 62.1 Å². The molecule has 0 saturated heterocycles. The Balaban J connectivity index is 1.97. The molecule has 0 amide bonds. The number of benzene rings is 1. The monoisotopic (exact) mass is 428 g/mol. The van der Waals surface area contributed by atoms with Crippen LogP contribution in [-0.4, -0.2) is 17.1 Å². The molecule has 3 aromatic rings. The predicted octanol–water partition coefficient (Wildman–Crippen LogP) is 3.00. The van der Waals surface area contributed by atoms with Crippen LogP contribution >= 0.6 is 22.7 Å². The number of carbonyl (C=O) groups is 1. The zero-order chi connectivity index (χ0) is 20.5. The highest BCUT2D eigenvalue weighted by atomic mass is 32.1. The quantitative estimate of drug-likeness (QED) is 0.601. The molecule has 1 aromatic carbocycles. The summed E-state index contributed by atoms with van der Waals surface area (Å²) in [7, 11) is 0. The van der Waals surface area contributed by atoms with Gasteiger partial charge in [-0.15, -0.1) is 0 Å². The van der Waals surface area contributed by atoms with Crippen molar-refractivity contribution < 1.29 is 13.9 Å². The molecular formula is C21H17FN2O3S2. The molecule has 0 aliphatic carbocycles. The number of hydrogen-bond acceptors (Lipinski definition) is 6. The van der Waals surface area contributed by atoms with Gasteiger partial charge < -0.3 is 4.74 Å². The first kappa shape index (κ1) is 19.5. The van der Waals surface area contributed by atoms with Gasteiger partial charge in [-0.1, -0.05) is 23.5 Å². The Bertz CT molecular complexity index is 1270. The van der Waals surface area contributed by atoms with Crippen LogP contribution < -0.4 is 14.9 Å². The van der Waals surface area contributed by atoms with Crippen LogP contribution in [0.3, 0.4) is 0 Å². The lowest BCUT2D eigenvalue weighted by Crippen LogP contribution is -2.39. The van der Waals surface area contributed by atoms with Crippen LogP contribution in [0.5, 0.6) is 0 Å². The molecule has 1 aliphatic rings. The molecule has 0 unspecified atom stereocenters. The molecule has 1 aliphatic heterocycles. The van der Waals surface area contributed by atoms with Crippen molar-refractivity contribution in [2.75, 3.05) is 6.61 Å². The molecule has 3 heterocycles. The number of carbonyl (C=O) groups excluding carboxylic acids is 1. The maximum Gasteiger partial charge on any atom is 0.338 e. The minimum absolute atomic E-state index is 0.203. The normalized spacial score (nSPS) is 16.5. The second kappa shape index (κ2) is 7.88. The van der Waals surface area contributed by atoms with E-state index >= 15 is 0 Å². The second-order valence-corrected chi connectivity index (χ2v) is 8.20. The van der Waals surface area contributed by atoms with Crippen molar-refractivity contribution in [1.29, 1.82) is 0 Å². The van der Waals surface area contributed by atoms with E-state index in [4.69, 9.17) is 4.74 Å². The van der Waals surface area contributed by atoms with Gasteiger partial charge in [-0.2, -0.15) is 11.3 Å². The summed E-state index contributed by atoms with van der Waals surface area (Å²) in [6, 6.07) is 6.98. The highest BCUT2D eigenvalue weighted by molar-refractivity contribution is 7.08. The number of allylic oxidation sites excluding steroid dienone is 1. The van der Waals surface area contributed by atoms with Crippen molar-refractivity contribution in [1.82, 2.24) is 4.57 Å². The third-order valence-electron chi connectivity index (χ3n) is 4.54. The number of hydrogen-bond donors (Lipinski definition) is 0. The zero-order valence-corrected chi connectivity index (χ0v) is 17.3. The van der Waals surface area contributed by atoms with E-state index in [0.717, 1.165) is 5.56 Å². The number of nitrogens with zero attached hydrogens (tertiary/aromatic N) is 2. The second-order valence-electron chi connectivity index (χ2n) is 6.41. The molecule has 1 atom stereocenters. The van der Waals surface area contributed by atoms with Crippen LogP contribution in [0.4, 0.5) is 4.39 Å². The molecule has 148 valence electrons. The van der Waals surface area contributed by atoms with Crippen molar-refractivity contribution in [3.05, 3.63) is 89.0 Å². The average Bonchev–Trinajstić information content (AvgIpc) is 3.30. The minimum atomic E-state index is -0.726. The van der Waals surface area contributed by atoms with Gasteiger partial charge in [-0.25, -0.2) is 14.2 Å². The fourth-order valence-electron chi connectivity index (χ4n) is 3.26. The van der Waals surface area contributed by atoms with Crippen LogP contribution in [0, 0.1) is 5.82 Å². The number of halogens is 1. The summed E-state index contributed by atoms with van der Waals surface area (Å²) in [5.74, 6) is -0.924. The minimum Gasteiger partial charge on any atom is -0.463 e. The summed E-state index contributed by atoms with van der Waals surface area (Å²) < 4.78 is 20.7. The molecular weight excluding hydrogens is 411 g/mol. The maximum absolute atomic E-state index is 13.5. The Morgan fingerprint density at radius 2 is 2.07 bits per heavy atom. The number of rotatable bonds is 4. The average molecular weight is 429 g/mol. The summed E-state index contributed by atoms with van der Waals surface area (Å²) in [6.07, 6.45) is 1.81. The highest BCUT2D eigenvalue weighted by Gasteiger charge is 2.33. The van der Waals surface area contributed by atoms with Gasteiger partial charge in [0.25, 0.3) is 5.56 Å². The first-order valence-electron chi connectivity index (χ1n) is 8.97.